The third-order valence-electron chi connectivity index (χ3n) is 4.86. The summed E-state index contributed by atoms with van der Waals surface area (Å²) in [7, 11) is 0. The molecule has 1 heterocycles. The van der Waals surface area contributed by atoms with Gasteiger partial charge >= 0.3 is 0 Å². The minimum Gasteiger partial charge on any atom is -0.392 e. The Hall–Kier alpha value is -1.56. The summed E-state index contributed by atoms with van der Waals surface area (Å²) < 4.78 is 5.18. The van der Waals surface area contributed by atoms with Crippen LogP contribution in [0.25, 0.3) is 0 Å². The van der Waals surface area contributed by atoms with Gasteiger partial charge in [0, 0.05) is 24.1 Å². The number of aliphatic hydroxyl groups excluding tert-OH is 1. The standard InChI is InChI=1S/C17H30N4O2/c1-5-18-16(19-10-14-12(2)21-23-13(14)3)20-11-17(4)9-7-6-8-15(17)22/h15,22H,5-11H2,1-4H3,(H2,18,19,20). The molecule has 0 aromatic carbocycles. The zero-order chi connectivity index (χ0) is 16.9. The fraction of sp³-hybridized carbons (Fsp3) is 0.765. The molecule has 0 spiro atoms. The van der Waals surface area contributed by atoms with E-state index in [-0.39, 0.29) is 11.5 Å². The number of aromatic nitrogens is 1. The first-order valence-corrected chi connectivity index (χ1v) is 8.58. The molecule has 1 aliphatic rings. The van der Waals surface area contributed by atoms with Gasteiger partial charge in [0.15, 0.2) is 5.96 Å². The fourth-order valence-corrected chi connectivity index (χ4v) is 3.10. The van der Waals surface area contributed by atoms with Gasteiger partial charge in [0.1, 0.15) is 5.76 Å². The van der Waals surface area contributed by atoms with E-state index >= 15 is 0 Å². The molecule has 1 fully saturated rings. The van der Waals surface area contributed by atoms with E-state index in [2.05, 4.69) is 27.7 Å². The number of aryl methyl sites for hydroxylation is 2. The molecule has 2 atom stereocenters. The van der Waals surface area contributed by atoms with Crippen LogP contribution in [0, 0.1) is 19.3 Å². The van der Waals surface area contributed by atoms with E-state index in [1.54, 1.807) is 0 Å². The van der Waals surface area contributed by atoms with E-state index < -0.39 is 0 Å². The van der Waals surface area contributed by atoms with E-state index in [9.17, 15) is 5.11 Å². The lowest BCUT2D eigenvalue weighted by Gasteiger charge is -2.38. The minimum atomic E-state index is -0.241. The summed E-state index contributed by atoms with van der Waals surface area (Å²) in [5.41, 5.74) is 1.83. The van der Waals surface area contributed by atoms with Crippen molar-refractivity contribution in [2.75, 3.05) is 13.1 Å². The van der Waals surface area contributed by atoms with Crippen LogP contribution in [0.15, 0.2) is 9.52 Å². The predicted octanol–water partition coefficient (Wildman–Crippen LogP) is 2.29. The molecule has 1 saturated carbocycles. The Bertz CT molecular complexity index is 521. The average Bonchev–Trinajstić information content (AvgIpc) is 2.84. The lowest BCUT2D eigenvalue weighted by Crippen LogP contribution is -2.48. The number of aliphatic imine (C=N–C) groups is 1. The van der Waals surface area contributed by atoms with Crippen LogP contribution < -0.4 is 10.6 Å². The second-order valence-corrected chi connectivity index (χ2v) is 6.77. The maximum Gasteiger partial charge on any atom is 0.191 e. The van der Waals surface area contributed by atoms with Crippen molar-refractivity contribution in [2.45, 2.75) is 66.0 Å². The molecule has 6 heteroatoms. The van der Waals surface area contributed by atoms with Crippen LogP contribution in [-0.2, 0) is 6.54 Å². The van der Waals surface area contributed by atoms with Gasteiger partial charge in [-0.05, 0) is 33.6 Å². The Morgan fingerprint density at radius 1 is 1.39 bits per heavy atom. The lowest BCUT2D eigenvalue weighted by molar-refractivity contribution is 0.00397. The Morgan fingerprint density at radius 2 is 2.17 bits per heavy atom. The molecule has 2 rings (SSSR count). The molecule has 130 valence electrons. The summed E-state index contributed by atoms with van der Waals surface area (Å²) in [5.74, 6) is 1.59. The summed E-state index contributed by atoms with van der Waals surface area (Å²) in [6.45, 7) is 10.1. The van der Waals surface area contributed by atoms with Crippen LogP contribution in [0.4, 0.5) is 0 Å². The molecule has 1 aromatic heterocycles. The maximum atomic E-state index is 10.3. The summed E-state index contributed by atoms with van der Waals surface area (Å²) in [5, 5.41) is 20.9. The zero-order valence-corrected chi connectivity index (χ0v) is 14.8. The topological polar surface area (TPSA) is 82.7 Å². The first-order valence-electron chi connectivity index (χ1n) is 8.58. The van der Waals surface area contributed by atoms with Gasteiger partial charge in [-0.3, -0.25) is 0 Å². The molecule has 6 nitrogen and oxygen atoms in total. The summed E-state index contributed by atoms with van der Waals surface area (Å²) in [6.07, 6.45) is 4.00. The van der Waals surface area contributed by atoms with Crippen molar-refractivity contribution in [3.63, 3.8) is 0 Å². The van der Waals surface area contributed by atoms with E-state index in [0.29, 0.717) is 6.54 Å². The van der Waals surface area contributed by atoms with E-state index in [4.69, 9.17) is 4.52 Å². The number of rotatable bonds is 5. The molecule has 3 N–H and O–H groups in total. The second kappa shape index (κ2) is 7.81. The smallest absolute Gasteiger partial charge is 0.191 e. The monoisotopic (exact) mass is 322 g/mol. The van der Waals surface area contributed by atoms with Gasteiger partial charge in [0.25, 0.3) is 0 Å². The maximum absolute atomic E-state index is 10.3. The molecular formula is C17H30N4O2. The highest BCUT2D eigenvalue weighted by Crippen LogP contribution is 2.35. The Labute approximate surface area is 138 Å². The zero-order valence-electron chi connectivity index (χ0n) is 14.8. The van der Waals surface area contributed by atoms with Crippen molar-refractivity contribution < 1.29 is 9.63 Å². The third kappa shape index (κ3) is 4.47. The number of aliphatic hydroxyl groups is 1. The van der Waals surface area contributed by atoms with E-state index in [1.165, 1.54) is 6.42 Å². The van der Waals surface area contributed by atoms with Crippen LogP contribution in [0.3, 0.4) is 0 Å². The van der Waals surface area contributed by atoms with Crippen LogP contribution in [0.2, 0.25) is 0 Å². The highest BCUT2D eigenvalue weighted by molar-refractivity contribution is 5.79. The van der Waals surface area contributed by atoms with Crippen LogP contribution in [0.5, 0.6) is 0 Å². The largest absolute Gasteiger partial charge is 0.392 e. The van der Waals surface area contributed by atoms with Crippen LogP contribution in [0.1, 0.15) is 56.5 Å². The molecular weight excluding hydrogens is 292 g/mol. The number of nitrogens with zero attached hydrogens (tertiary/aromatic N) is 2. The van der Waals surface area contributed by atoms with Gasteiger partial charge in [0.05, 0.1) is 18.3 Å². The normalized spacial score (nSPS) is 25.4. The van der Waals surface area contributed by atoms with E-state index in [0.717, 1.165) is 55.3 Å². The van der Waals surface area contributed by atoms with Crippen molar-refractivity contribution >= 4 is 5.96 Å². The third-order valence-corrected chi connectivity index (χ3v) is 4.86. The molecule has 0 radical (unpaired) electrons. The number of nitrogens with one attached hydrogen (secondary N) is 2. The SMILES string of the molecule is CCNC(=NCc1c(C)noc1C)NCC1(C)CCCCC1O. The first-order chi connectivity index (χ1) is 11.0. The van der Waals surface area contributed by atoms with Crippen molar-refractivity contribution in [1.82, 2.24) is 15.8 Å². The van der Waals surface area contributed by atoms with Gasteiger partial charge < -0.3 is 20.3 Å². The quantitative estimate of drug-likeness (QED) is 0.572. The van der Waals surface area contributed by atoms with Gasteiger partial charge in [-0.2, -0.15) is 0 Å². The first kappa shape index (κ1) is 17.8. The number of guanidine groups is 1. The molecule has 23 heavy (non-hydrogen) atoms. The summed E-state index contributed by atoms with van der Waals surface area (Å²) in [4.78, 5) is 4.63. The highest BCUT2D eigenvalue weighted by Gasteiger charge is 2.35. The van der Waals surface area contributed by atoms with Crippen molar-refractivity contribution in [3.05, 3.63) is 17.0 Å². The van der Waals surface area contributed by atoms with Crippen molar-refractivity contribution in [2.24, 2.45) is 10.4 Å². The molecule has 0 saturated heterocycles. The Balaban J connectivity index is 1.99. The molecule has 0 amide bonds. The summed E-state index contributed by atoms with van der Waals surface area (Å²) >= 11 is 0. The molecule has 2 unspecified atom stereocenters. The molecule has 1 aliphatic carbocycles. The molecule has 1 aromatic rings. The number of hydrogen-bond donors (Lipinski definition) is 3. The second-order valence-electron chi connectivity index (χ2n) is 6.77. The van der Waals surface area contributed by atoms with Crippen molar-refractivity contribution in [3.8, 4) is 0 Å². The van der Waals surface area contributed by atoms with Crippen LogP contribution >= 0.6 is 0 Å². The highest BCUT2D eigenvalue weighted by atomic mass is 16.5. The van der Waals surface area contributed by atoms with Crippen LogP contribution in [-0.4, -0.2) is 35.4 Å². The molecule has 0 aliphatic heterocycles. The Kier molecular flexibility index (Phi) is 6.04. The lowest BCUT2D eigenvalue weighted by atomic mass is 9.73. The summed E-state index contributed by atoms with van der Waals surface area (Å²) in [6, 6.07) is 0. The van der Waals surface area contributed by atoms with Gasteiger partial charge in [-0.25, -0.2) is 4.99 Å². The fourth-order valence-electron chi connectivity index (χ4n) is 3.10. The minimum absolute atomic E-state index is 0.0858. The molecule has 0 bridgehead atoms. The van der Waals surface area contributed by atoms with E-state index in [1.807, 2.05) is 20.8 Å². The average molecular weight is 322 g/mol. The predicted molar refractivity (Wildman–Crippen MR) is 91.4 cm³/mol. The van der Waals surface area contributed by atoms with Crippen molar-refractivity contribution in [1.29, 1.82) is 0 Å². The Morgan fingerprint density at radius 3 is 2.78 bits per heavy atom. The van der Waals surface area contributed by atoms with Gasteiger partial charge in [0.2, 0.25) is 0 Å². The van der Waals surface area contributed by atoms with Gasteiger partial charge in [-0.1, -0.05) is 24.9 Å². The van der Waals surface area contributed by atoms with Gasteiger partial charge in [-0.15, -0.1) is 0 Å². The number of hydrogen-bond acceptors (Lipinski definition) is 4.